The zero-order valence-electron chi connectivity index (χ0n) is 16.3. The molecule has 0 spiro atoms. The number of carbonyl (C=O) groups is 1. The summed E-state index contributed by atoms with van der Waals surface area (Å²) in [6.07, 6.45) is 3.72. The Hall–Kier alpha value is -3.10. The molecule has 1 aliphatic rings. The third kappa shape index (κ3) is 4.67. The van der Waals surface area contributed by atoms with Gasteiger partial charge in [-0.1, -0.05) is 35.5 Å². The van der Waals surface area contributed by atoms with Crippen LogP contribution in [0.5, 0.6) is 0 Å². The van der Waals surface area contributed by atoms with Crippen LogP contribution >= 0.6 is 0 Å². The van der Waals surface area contributed by atoms with Crippen LogP contribution in [-0.4, -0.2) is 52.6 Å². The highest BCUT2D eigenvalue weighted by atomic mass is 16.5. The molecule has 29 heavy (non-hydrogen) atoms. The molecule has 2 unspecified atom stereocenters. The number of rotatable bonds is 6. The third-order valence-corrected chi connectivity index (χ3v) is 5.08. The van der Waals surface area contributed by atoms with Gasteiger partial charge >= 0.3 is 0 Å². The summed E-state index contributed by atoms with van der Waals surface area (Å²) in [7, 11) is 2.05. The standard InChI is InChI=1S/C21H24N6O2/c1-27-11-10-23-14-18(27)19-25-21(29-26-19)17(12-15-6-3-2-4-7-15)24-20(28)16-8-5-9-22-13-16/h2-9,13,17-18,23H,10-12,14H2,1H3,(H,24,28). The minimum absolute atomic E-state index is 0.0488. The normalized spacial score (nSPS) is 18.3. The number of benzene rings is 1. The molecule has 1 fully saturated rings. The van der Waals surface area contributed by atoms with Crippen molar-refractivity contribution < 1.29 is 9.32 Å². The Bertz CT molecular complexity index is 931. The zero-order chi connectivity index (χ0) is 20.1. The SMILES string of the molecule is CN1CCNCC1c1noc(C(Cc2ccccc2)NC(=O)c2cccnc2)n1. The van der Waals surface area contributed by atoms with Gasteiger partial charge in [-0.3, -0.25) is 14.7 Å². The molecule has 1 amide bonds. The van der Waals surface area contributed by atoms with Crippen molar-refractivity contribution in [3.63, 3.8) is 0 Å². The number of nitrogens with zero attached hydrogens (tertiary/aromatic N) is 4. The maximum absolute atomic E-state index is 12.7. The first-order chi connectivity index (χ1) is 14.2. The molecule has 2 atom stereocenters. The van der Waals surface area contributed by atoms with Gasteiger partial charge in [0.25, 0.3) is 5.91 Å². The minimum Gasteiger partial charge on any atom is -0.340 e. The van der Waals surface area contributed by atoms with Gasteiger partial charge in [-0.25, -0.2) is 0 Å². The smallest absolute Gasteiger partial charge is 0.253 e. The number of amides is 1. The third-order valence-electron chi connectivity index (χ3n) is 5.08. The van der Waals surface area contributed by atoms with E-state index in [9.17, 15) is 4.79 Å². The number of carbonyl (C=O) groups excluding carboxylic acids is 1. The molecule has 8 nitrogen and oxygen atoms in total. The first-order valence-electron chi connectivity index (χ1n) is 9.70. The van der Waals surface area contributed by atoms with Crippen LogP contribution in [0.15, 0.2) is 59.4 Å². The molecule has 0 saturated carbocycles. The maximum atomic E-state index is 12.7. The summed E-state index contributed by atoms with van der Waals surface area (Å²) in [4.78, 5) is 23.6. The van der Waals surface area contributed by atoms with Crippen LogP contribution in [0.25, 0.3) is 0 Å². The Kier molecular flexibility index (Phi) is 5.92. The van der Waals surface area contributed by atoms with Gasteiger partial charge in [-0.2, -0.15) is 4.98 Å². The zero-order valence-corrected chi connectivity index (χ0v) is 16.3. The predicted octanol–water partition coefficient (Wildman–Crippen LogP) is 1.75. The van der Waals surface area contributed by atoms with E-state index in [0.717, 1.165) is 25.2 Å². The van der Waals surface area contributed by atoms with E-state index >= 15 is 0 Å². The number of pyridine rings is 1. The fourth-order valence-electron chi connectivity index (χ4n) is 3.41. The van der Waals surface area contributed by atoms with Crippen LogP contribution in [0.4, 0.5) is 0 Å². The lowest BCUT2D eigenvalue weighted by Gasteiger charge is -2.30. The predicted molar refractivity (Wildman–Crippen MR) is 107 cm³/mol. The van der Waals surface area contributed by atoms with Crippen LogP contribution in [0.2, 0.25) is 0 Å². The van der Waals surface area contributed by atoms with Gasteiger partial charge in [-0.05, 0) is 24.7 Å². The Balaban J connectivity index is 1.57. The van der Waals surface area contributed by atoms with Gasteiger partial charge < -0.3 is 15.2 Å². The van der Waals surface area contributed by atoms with Crippen LogP contribution in [-0.2, 0) is 6.42 Å². The maximum Gasteiger partial charge on any atom is 0.253 e. The van der Waals surface area contributed by atoms with E-state index in [1.54, 1.807) is 18.3 Å². The minimum atomic E-state index is -0.437. The van der Waals surface area contributed by atoms with E-state index in [4.69, 9.17) is 4.52 Å². The van der Waals surface area contributed by atoms with Crippen molar-refractivity contribution in [2.75, 3.05) is 26.7 Å². The molecule has 2 aromatic heterocycles. The molecule has 3 aromatic rings. The average molecular weight is 392 g/mol. The highest BCUT2D eigenvalue weighted by Crippen LogP contribution is 2.22. The monoisotopic (exact) mass is 392 g/mol. The van der Waals surface area contributed by atoms with Crippen molar-refractivity contribution in [2.24, 2.45) is 0 Å². The lowest BCUT2D eigenvalue weighted by atomic mass is 10.1. The summed E-state index contributed by atoms with van der Waals surface area (Å²) in [5.74, 6) is 0.804. The van der Waals surface area contributed by atoms with Gasteiger partial charge in [-0.15, -0.1) is 0 Å². The molecule has 2 N–H and O–H groups in total. The summed E-state index contributed by atoms with van der Waals surface area (Å²) in [5, 5.41) is 10.6. The molecule has 0 bridgehead atoms. The van der Waals surface area contributed by atoms with Gasteiger partial charge in [0.05, 0.1) is 11.6 Å². The van der Waals surface area contributed by atoms with E-state index in [-0.39, 0.29) is 11.9 Å². The van der Waals surface area contributed by atoms with E-state index in [2.05, 4.69) is 30.7 Å². The highest BCUT2D eigenvalue weighted by molar-refractivity contribution is 5.94. The van der Waals surface area contributed by atoms with Crippen LogP contribution < -0.4 is 10.6 Å². The molecule has 150 valence electrons. The first-order valence-corrected chi connectivity index (χ1v) is 9.70. The second kappa shape index (κ2) is 8.93. The molecular weight excluding hydrogens is 368 g/mol. The molecule has 8 heteroatoms. The topological polar surface area (TPSA) is 96.2 Å². The van der Waals surface area contributed by atoms with Crippen molar-refractivity contribution in [3.8, 4) is 0 Å². The van der Waals surface area contributed by atoms with E-state index in [1.807, 2.05) is 37.4 Å². The number of nitrogens with one attached hydrogen (secondary N) is 2. The number of hydrogen-bond acceptors (Lipinski definition) is 7. The number of hydrogen-bond donors (Lipinski definition) is 2. The Labute approximate surface area is 169 Å². The first kappa shape index (κ1) is 19.2. The van der Waals surface area contributed by atoms with Gasteiger partial charge in [0, 0.05) is 38.4 Å². The summed E-state index contributed by atoms with van der Waals surface area (Å²) in [6.45, 7) is 2.62. The second-order valence-corrected chi connectivity index (χ2v) is 7.15. The van der Waals surface area contributed by atoms with Crippen molar-refractivity contribution in [2.45, 2.75) is 18.5 Å². The molecular formula is C21H24N6O2. The van der Waals surface area contributed by atoms with Crippen molar-refractivity contribution in [3.05, 3.63) is 77.7 Å². The summed E-state index contributed by atoms with van der Waals surface area (Å²) < 4.78 is 5.59. The van der Waals surface area contributed by atoms with E-state index in [0.29, 0.717) is 23.7 Å². The quantitative estimate of drug-likeness (QED) is 0.660. The van der Waals surface area contributed by atoms with Crippen LogP contribution in [0, 0.1) is 0 Å². The molecule has 1 saturated heterocycles. The number of aromatic nitrogens is 3. The fourth-order valence-corrected chi connectivity index (χ4v) is 3.41. The number of piperazine rings is 1. The molecule has 4 rings (SSSR count). The lowest BCUT2D eigenvalue weighted by Crippen LogP contribution is -2.44. The second-order valence-electron chi connectivity index (χ2n) is 7.15. The lowest BCUT2D eigenvalue weighted by molar-refractivity contribution is 0.0928. The molecule has 0 radical (unpaired) electrons. The van der Waals surface area contributed by atoms with Gasteiger partial charge in [0.2, 0.25) is 5.89 Å². The Morgan fingerprint density at radius 3 is 2.93 bits per heavy atom. The van der Waals surface area contributed by atoms with Crippen molar-refractivity contribution in [1.29, 1.82) is 0 Å². The largest absolute Gasteiger partial charge is 0.340 e. The van der Waals surface area contributed by atoms with Gasteiger partial charge in [0.15, 0.2) is 5.82 Å². The average Bonchev–Trinajstić information content (AvgIpc) is 3.25. The fraction of sp³-hybridized carbons (Fsp3) is 0.333. The molecule has 3 heterocycles. The molecule has 1 aliphatic heterocycles. The van der Waals surface area contributed by atoms with Crippen molar-refractivity contribution in [1.82, 2.24) is 30.7 Å². The van der Waals surface area contributed by atoms with E-state index in [1.165, 1.54) is 6.20 Å². The van der Waals surface area contributed by atoms with E-state index < -0.39 is 6.04 Å². The summed E-state index contributed by atoms with van der Waals surface area (Å²) in [6, 6.07) is 13.0. The highest BCUT2D eigenvalue weighted by Gasteiger charge is 2.28. The number of likely N-dealkylation sites (N-methyl/N-ethyl adjacent to an activating group) is 1. The Morgan fingerprint density at radius 1 is 1.31 bits per heavy atom. The Morgan fingerprint density at radius 2 is 2.17 bits per heavy atom. The van der Waals surface area contributed by atoms with Crippen molar-refractivity contribution >= 4 is 5.91 Å². The molecule has 1 aromatic carbocycles. The molecule has 0 aliphatic carbocycles. The van der Waals surface area contributed by atoms with Crippen LogP contribution in [0.3, 0.4) is 0 Å². The summed E-state index contributed by atoms with van der Waals surface area (Å²) in [5.41, 5.74) is 1.56. The summed E-state index contributed by atoms with van der Waals surface area (Å²) >= 11 is 0. The van der Waals surface area contributed by atoms with Crippen LogP contribution in [0.1, 0.15) is 39.7 Å². The van der Waals surface area contributed by atoms with Gasteiger partial charge in [0.1, 0.15) is 6.04 Å².